The Bertz CT molecular complexity index is 276. The number of hydrogen-bond donors (Lipinski definition) is 0. The number of ether oxygens (including phenoxy) is 1. The van der Waals surface area contributed by atoms with Crippen LogP contribution in [-0.4, -0.2) is 12.7 Å². The first-order valence-corrected chi connectivity index (χ1v) is 5.39. The fourth-order valence-corrected chi connectivity index (χ4v) is 2.06. The van der Waals surface area contributed by atoms with Gasteiger partial charge >= 0.3 is 0 Å². The summed E-state index contributed by atoms with van der Waals surface area (Å²) >= 11 is 0. The highest BCUT2D eigenvalue weighted by molar-refractivity contribution is 7.09. The largest absolute Gasteiger partial charge is 0.368 e. The van der Waals surface area contributed by atoms with Gasteiger partial charge in [0.05, 0.1) is 18.8 Å². The summed E-state index contributed by atoms with van der Waals surface area (Å²) in [4.78, 5) is 0. The van der Waals surface area contributed by atoms with Crippen molar-refractivity contribution in [1.82, 2.24) is 0 Å². The van der Waals surface area contributed by atoms with E-state index < -0.39 is 0 Å². The van der Waals surface area contributed by atoms with Crippen molar-refractivity contribution in [3.05, 3.63) is 35.9 Å². The van der Waals surface area contributed by atoms with Crippen LogP contribution in [0, 0.1) is 0 Å². The van der Waals surface area contributed by atoms with Crippen molar-refractivity contribution in [3.8, 4) is 0 Å². The van der Waals surface area contributed by atoms with Crippen molar-refractivity contribution in [2.75, 3.05) is 6.61 Å². The van der Waals surface area contributed by atoms with Crippen LogP contribution in [0.15, 0.2) is 30.3 Å². The molecule has 1 aliphatic heterocycles. The summed E-state index contributed by atoms with van der Waals surface area (Å²) in [5.74, 6) is 0. The van der Waals surface area contributed by atoms with Crippen LogP contribution in [-0.2, 0) is 9.26 Å². The molecular formula is C11H15O2P. The van der Waals surface area contributed by atoms with E-state index in [1.807, 2.05) is 6.07 Å². The average molecular weight is 210 g/mol. The smallest absolute Gasteiger partial charge is 0.0830 e. The van der Waals surface area contributed by atoms with E-state index in [0.717, 1.165) is 12.8 Å². The van der Waals surface area contributed by atoms with Gasteiger partial charge in [-0.15, -0.1) is 0 Å². The van der Waals surface area contributed by atoms with Crippen LogP contribution in [0.4, 0.5) is 0 Å². The molecule has 1 aromatic carbocycles. The third-order valence-electron chi connectivity index (χ3n) is 2.56. The van der Waals surface area contributed by atoms with Gasteiger partial charge < -0.3 is 9.26 Å². The summed E-state index contributed by atoms with van der Waals surface area (Å²) in [5.41, 5.74) is 1.28. The average Bonchev–Trinajstić information content (AvgIpc) is 2.68. The number of hydrogen-bond acceptors (Lipinski definition) is 2. The lowest BCUT2D eigenvalue weighted by Crippen LogP contribution is -2.11. The summed E-state index contributed by atoms with van der Waals surface area (Å²) in [6.07, 6.45) is 2.72. The lowest BCUT2D eigenvalue weighted by molar-refractivity contribution is 0.0212. The monoisotopic (exact) mass is 210 g/mol. The van der Waals surface area contributed by atoms with E-state index in [1.165, 1.54) is 5.56 Å². The van der Waals surface area contributed by atoms with Gasteiger partial charge in [-0.3, -0.25) is 0 Å². The van der Waals surface area contributed by atoms with E-state index >= 15 is 0 Å². The molecule has 1 heterocycles. The second-order valence-electron chi connectivity index (χ2n) is 3.57. The minimum Gasteiger partial charge on any atom is -0.368 e. The molecule has 0 saturated carbocycles. The van der Waals surface area contributed by atoms with Crippen molar-refractivity contribution in [3.63, 3.8) is 0 Å². The molecule has 2 nitrogen and oxygen atoms in total. The predicted octanol–water partition coefficient (Wildman–Crippen LogP) is 2.71. The number of benzene rings is 1. The van der Waals surface area contributed by atoms with Gasteiger partial charge in [0.25, 0.3) is 0 Å². The molecule has 3 unspecified atom stereocenters. The molecule has 0 radical (unpaired) electrons. The first kappa shape index (κ1) is 10.1. The Morgan fingerprint density at radius 2 is 2.07 bits per heavy atom. The van der Waals surface area contributed by atoms with E-state index in [2.05, 4.69) is 33.7 Å². The van der Waals surface area contributed by atoms with E-state index in [9.17, 15) is 0 Å². The highest BCUT2D eigenvalue weighted by Crippen LogP contribution is 2.32. The SMILES string of the molecule is POCC1CCC(c2ccccc2)O1. The van der Waals surface area contributed by atoms with Crippen LogP contribution in [0.2, 0.25) is 0 Å². The maximum absolute atomic E-state index is 5.85. The molecule has 3 atom stereocenters. The maximum atomic E-state index is 5.85. The molecule has 0 amide bonds. The Morgan fingerprint density at radius 3 is 2.79 bits per heavy atom. The first-order chi connectivity index (χ1) is 6.90. The lowest BCUT2D eigenvalue weighted by Gasteiger charge is -2.12. The minimum atomic E-state index is 0.262. The second-order valence-corrected chi connectivity index (χ2v) is 3.90. The van der Waals surface area contributed by atoms with Gasteiger partial charge in [-0.25, -0.2) is 0 Å². The van der Waals surface area contributed by atoms with Gasteiger partial charge in [0.1, 0.15) is 0 Å². The molecule has 0 bridgehead atoms. The molecule has 0 aromatic heterocycles. The third kappa shape index (κ3) is 2.33. The molecule has 0 spiro atoms. The molecule has 0 aliphatic carbocycles. The molecule has 76 valence electrons. The van der Waals surface area contributed by atoms with Crippen molar-refractivity contribution >= 4 is 9.47 Å². The molecular weight excluding hydrogens is 195 g/mol. The minimum absolute atomic E-state index is 0.262. The fraction of sp³-hybridized carbons (Fsp3) is 0.455. The molecule has 1 aliphatic rings. The number of rotatable bonds is 3. The van der Waals surface area contributed by atoms with Gasteiger partial charge in [-0.1, -0.05) is 30.3 Å². The topological polar surface area (TPSA) is 18.5 Å². The zero-order chi connectivity index (χ0) is 9.80. The summed E-state index contributed by atoms with van der Waals surface area (Å²) in [7, 11) is 2.27. The van der Waals surface area contributed by atoms with Gasteiger partial charge in [0.2, 0.25) is 0 Å². The van der Waals surface area contributed by atoms with Crippen LogP contribution in [0.25, 0.3) is 0 Å². The van der Waals surface area contributed by atoms with Crippen molar-refractivity contribution in [1.29, 1.82) is 0 Å². The van der Waals surface area contributed by atoms with E-state index in [0.29, 0.717) is 6.61 Å². The summed E-state index contributed by atoms with van der Waals surface area (Å²) < 4.78 is 10.9. The van der Waals surface area contributed by atoms with Gasteiger partial charge in [0, 0.05) is 9.47 Å². The van der Waals surface area contributed by atoms with Gasteiger partial charge in [0.15, 0.2) is 0 Å². The Labute approximate surface area is 86.9 Å². The maximum Gasteiger partial charge on any atom is 0.0830 e. The van der Waals surface area contributed by atoms with Crippen molar-refractivity contribution in [2.45, 2.75) is 25.0 Å². The molecule has 1 saturated heterocycles. The van der Waals surface area contributed by atoms with Crippen molar-refractivity contribution in [2.24, 2.45) is 0 Å². The van der Waals surface area contributed by atoms with Crippen LogP contribution in [0.5, 0.6) is 0 Å². The van der Waals surface area contributed by atoms with E-state index in [-0.39, 0.29) is 12.2 Å². The van der Waals surface area contributed by atoms with Crippen molar-refractivity contribution < 1.29 is 9.26 Å². The van der Waals surface area contributed by atoms with Crippen LogP contribution >= 0.6 is 9.47 Å². The summed E-state index contributed by atoms with van der Waals surface area (Å²) in [5, 5.41) is 0. The predicted molar refractivity (Wildman–Crippen MR) is 59.0 cm³/mol. The highest BCUT2D eigenvalue weighted by Gasteiger charge is 2.25. The van der Waals surface area contributed by atoms with Gasteiger partial charge in [-0.2, -0.15) is 0 Å². The van der Waals surface area contributed by atoms with Gasteiger partial charge in [-0.05, 0) is 18.4 Å². The second kappa shape index (κ2) is 4.88. The van der Waals surface area contributed by atoms with E-state index in [1.54, 1.807) is 0 Å². The quantitative estimate of drug-likeness (QED) is 0.714. The molecule has 3 heteroatoms. The first-order valence-electron chi connectivity index (χ1n) is 4.92. The van der Waals surface area contributed by atoms with Crippen LogP contribution in [0.3, 0.4) is 0 Å². The standard InChI is InChI=1S/C11H15O2P/c14-12-8-10-6-7-11(13-10)9-4-2-1-3-5-9/h1-5,10-11H,6-8,14H2. The molecule has 0 N–H and O–H groups in total. The molecule has 2 rings (SSSR count). The zero-order valence-corrected chi connectivity index (χ0v) is 9.21. The molecule has 14 heavy (non-hydrogen) atoms. The Kier molecular flexibility index (Phi) is 3.52. The molecule has 1 aromatic rings. The summed E-state index contributed by atoms with van der Waals surface area (Å²) in [6, 6.07) is 10.4. The van der Waals surface area contributed by atoms with E-state index in [4.69, 9.17) is 9.26 Å². The normalized spacial score (nSPS) is 26.6. The zero-order valence-electron chi connectivity index (χ0n) is 8.06. The molecule has 1 fully saturated rings. The Balaban J connectivity index is 1.96. The van der Waals surface area contributed by atoms with Crippen LogP contribution < -0.4 is 0 Å². The van der Waals surface area contributed by atoms with Crippen LogP contribution in [0.1, 0.15) is 24.5 Å². The highest BCUT2D eigenvalue weighted by atomic mass is 31.0. The third-order valence-corrected chi connectivity index (χ3v) is 2.75. The Hall–Kier alpha value is -0.430. The fourth-order valence-electron chi connectivity index (χ4n) is 1.85. The lowest BCUT2D eigenvalue weighted by atomic mass is 10.1. The Morgan fingerprint density at radius 1 is 1.29 bits per heavy atom. The summed E-state index contributed by atoms with van der Waals surface area (Å²) in [6.45, 7) is 0.675.